The molecule has 4 nitrogen and oxygen atoms in total. The lowest BCUT2D eigenvalue weighted by atomic mass is 10.1. The van der Waals surface area contributed by atoms with Gasteiger partial charge in [0.15, 0.2) is 0 Å². The average molecular weight is 305 g/mol. The van der Waals surface area contributed by atoms with Crippen LogP contribution in [-0.4, -0.2) is 44.1 Å². The quantitative estimate of drug-likeness (QED) is 0.931. The van der Waals surface area contributed by atoms with Gasteiger partial charge in [0, 0.05) is 24.2 Å². The Balaban J connectivity index is 0.00000180. The molecule has 1 fully saturated rings. The predicted octanol–water partition coefficient (Wildman–Crippen LogP) is 2.20. The molecule has 0 saturated carbocycles. The standard InChI is InChI=1S/C13H17ClN2O2.ClH/c1-15-10-5-6-16(8-10)13(17)11-7-9(14)3-4-12(11)18-2;/h3-4,7,10,15H,5-6,8H2,1-2H3;1H. The van der Waals surface area contributed by atoms with E-state index in [1.54, 1.807) is 25.3 Å². The monoisotopic (exact) mass is 304 g/mol. The summed E-state index contributed by atoms with van der Waals surface area (Å²) < 4.78 is 5.21. The highest BCUT2D eigenvalue weighted by atomic mass is 35.5. The Morgan fingerprint density at radius 2 is 2.26 bits per heavy atom. The second kappa shape index (κ2) is 6.98. The summed E-state index contributed by atoms with van der Waals surface area (Å²) in [5.41, 5.74) is 0.529. The Morgan fingerprint density at radius 3 is 2.84 bits per heavy atom. The van der Waals surface area contributed by atoms with Crippen molar-refractivity contribution >= 4 is 29.9 Å². The van der Waals surface area contributed by atoms with E-state index < -0.39 is 0 Å². The fourth-order valence-electron chi connectivity index (χ4n) is 2.20. The van der Waals surface area contributed by atoms with Crippen molar-refractivity contribution in [1.82, 2.24) is 10.2 Å². The van der Waals surface area contributed by atoms with Crippen LogP contribution in [0.15, 0.2) is 18.2 Å². The van der Waals surface area contributed by atoms with Crippen molar-refractivity contribution in [3.63, 3.8) is 0 Å². The lowest BCUT2D eigenvalue weighted by Crippen LogP contribution is -2.33. The summed E-state index contributed by atoms with van der Waals surface area (Å²) in [6, 6.07) is 5.48. The predicted molar refractivity (Wildman–Crippen MR) is 78.6 cm³/mol. The number of nitrogens with one attached hydrogen (secondary N) is 1. The SMILES string of the molecule is CNC1CCN(C(=O)c2cc(Cl)ccc2OC)C1.Cl. The van der Waals surface area contributed by atoms with Crippen LogP contribution in [0.4, 0.5) is 0 Å². The van der Waals surface area contributed by atoms with Crippen molar-refractivity contribution in [2.45, 2.75) is 12.5 Å². The molecule has 1 atom stereocenters. The number of methoxy groups -OCH3 is 1. The fourth-order valence-corrected chi connectivity index (χ4v) is 2.37. The maximum atomic E-state index is 12.4. The van der Waals surface area contributed by atoms with Gasteiger partial charge in [-0.15, -0.1) is 12.4 Å². The maximum Gasteiger partial charge on any atom is 0.257 e. The first kappa shape index (κ1) is 16.1. The van der Waals surface area contributed by atoms with Crippen LogP contribution in [0.2, 0.25) is 5.02 Å². The second-order valence-electron chi connectivity index (χ2n) is 4.37. The molecule has 1 aliphatic rings. The molecule has 0 bridgehead atoms. The molecule has 1 heterocycles. The normalized spacial score (nSPS) is 18.1. The zero-order valence-electron chi connectivity index (χ0n) is 11.0. The van der Waals surface area contributed by atoms with Gasteiger partial charge < -0.3 is 15.0 Å². The summed E-state index contributed by atoms with van der Waals surface area (Å²) in [6.45, 7) is 1.49. The van der Waals surface area contributed by atoms with Gasteiger partial charge in [-0.05, 0) is 31.7 Å². The van der Waals surface area contributed by atoms with E-state index in [2.05, 4.69) is 5.32 Å². The van der Waals surface area contributed by atoms with E-state index >= 15 is 0 Å². The van der Waals surface area contributed by atoms with Crippen molar-refractivity contribution in [2.24, 2.45) is 0 Å². The molecule has 0 spiro atoms. The van der Waals surface area contributed by atoms with Crippen LogP contribution in [0.25, 0.3) is 0 Å². The first-order valence-electron chi connectivity index (χ1n) is 5.95. The van der Waals surface area contributed by atoms with Crippen molar-refractivity contribution in [3.8, 4) is 5.75 Å². The Kier molecular flexibility index (Phi) is 5.91. The van der Waals surface area contributed by atoms with Crippen LogP contribution >= 0.6 is 24.0 Å². The van der Waals surface area contributed by atoms with Crippen molar-refractivity contribution in [1.29, 1.82) is 0 Å². The van der Waals surface area contributed by atoms with Crippen LogP contribution in [0.3, 0.4) is 0 Å². The van der Waals surface area contributed by atoms with E-state index in [0.717, 1.165) is 19.5 Å². The van der Waals surface area contributed by atoms with Gasteiger partial charge in [0.2, 0.25) is 0 Å². The van der Waals surface area contributed by atoms with Crippen LogP contribution in [0.1, 0.15) is 16.8 Å². The highest BCUT2D eigenvalue weighted by molar-refractivity contribution is 6.31. The number of likely N-dealkylation sites (tertiary alicyclic amines) is 1. The van der Waals surface area contributed by atoms with Gasteiger partial charge in [0.05, 0.1) is 12.7 Å². The first-order chi connectivity index (χ1) is 8.65. The Morgan fingerprint density at radius 1 is 1.53 bits per heavy atom. The van der Waals surface area contributed by atoms with E-state index in [-0.39, 0.29) is 18.3 Å². The van der Waals surface area contributed by atoms with Gasteiger partial charge in [-0.25, -0.2) is 0 Å². The molecular formula is C13H18Cl2N2O2. The molecule has 6 heteroatoms. The minimum Gasteiger partial charge on any atom is -0.496 e. The summed E-state index contributed by atoms with van der Waals surface area (Å²) in [6.07, 6.45) is 0.977. The van der Waals surface area contributed by atoms with Gasteiger partial charge in [-0.3, -0.25) is 4.79 Å². The summed E-state index contributed by atoms with van der Waals surface area (Å²) in [5.74, 6) is 0.546. The number of ether oxygens (including phenoxy) is 1. The van der Waals surface area contributed by atoms with Gasteiger partial charge in [-0.1, -0.05) is 11.6 Å². The minimum absolute atomic E-state index is 0. The number of carbonyl (C=O) groups is 1. The molecular weight excluding hydrogens is 287 g/mol. The lowest BCUT2D eigenvalue weighted by molar-refractivity contribution is 0.0786. The van der Waals surface area contributed by atoms with Crippen LogP contribution in [0, 0.1) is 0 Å². The third-order valence-electron chi connectivity index (χ3n) is 3.28. The van der Waals surface area contributed by atoms with Crippen LogP contribution < -0.4 is 10.1 Å². The molecule has 1 N–H and O–H groups in total. The molecule has 19 heavy (non-hydrogen) atoms. The molecule has 1 aliphatic heterocycles. The maximum absolute atomic E-state index is 12.4. The Bertz CT molecular complexity index is 454. The molecule has 1 unspecified atom stereocenters. The highest BCUT2D eigenvalue weighted by Gasteiger charge is 2.27. The number of hydrogen-bond acceptors (Lipinski definition) is 3. The number of hydrogen-bond donors (Lipinski definition) is 1. The number of rotatable bonds is 3. The molecule has 0 aliphatic carbocycles. The molecule has 106 valence electrons. The zero-order valence-corrected chi connectivity index (χ0v) is 12.6. The van der Waals surface area contributed by atoms with Crippen molar-refractivity contribution in [3.05, 3.63) is 28.8 Å². The Labute approximate surface area is 124 Å². The summed E-state index contributed by atoms with van der Waals surface area (Å²) >= 11 is 5.94. The summed E-state index contributed by atoms with van der Waals surface area (Å²) in [5, 5.41) is 3.73. The molecule has 2 rings (SSSR count). The number of carbonyl (C=O) groups excluding carboxylic acids is 1. The lowest BCUT2D eigenvalue weighted by Gasteiger charge is -2.18. The van der Waals surface area contributed by atoms with E-state index in [1.807, 2.05) is 11.9 Å². The van der Waals surface area contributed by atoms with Crippen molar-refractivity contribution in [2.75, 3.05) is 27.2 Å². The number of benzene rings is 1. The molecule has 1 aromatic rings. The molecule has 1 saturated heterocycles. The zero-order chi connectivity index (χ0) is 13.1. The van der Waals surface area contributed by atoms with Gasteiger partial charge in [0.25, 0.3) is 5.91 Å². The van der Waals surface area contributed by atoms with Gasteiger partial charge in [0.1, 0.15) is 5.75 Å². The van der Waals surface area contributed by atoms with E-state index in [1.165, 1.54) is 0 Å². The van der Waals surface area contributed by atoms with E-state index in [0.29, 0.717) is 22.4 Å². The largest absolute Gasteiger partial charge is 0.496 e. The topological polar surface area (TPSA) is 41.6 Å². The Hall–Kier alpha value is -0.970. The van der Waals surface area contributed by atoms with E-state index in [4.69, 9.17) is 16.3 Å². The summed E-state index contributed by atoms with van der Waals surface area (Å²) in [7, 11) is 3.47. The minimum atomic E-state index is -0.0212. The third kappa shape index (κ3) is 3.53. The van der Waals surface area contributed by atoms with Crippen molar-refractivity contribution < 1.29 is 9.53 Å². The number of nitrogens with zero attached hydrogens (tertiary/aromatic N) is 1. The number of halogens is 2. The highest BCUT2D eigenvalue weighted by Crippen LogP contribution is 2.25. The van der Waals surface area contributed by atoms with E-state index in [9.17, 15) is 4.79 Å². The number of likely N-dealkylation sites (N-methyl/N-ethyl adjacent to an activating group) is 1. The molecule has 1 amide bonds. The van der Waals surface area contributed by atoms with Gasteiger partial charge in [-0.2, -0.15) is 0 Å². The second-order valence-corrected chi connectivity index (χ2v) is 4.81. The first-order valence-corrected chi connectivity index (χ1v) is 6.33. The molecule has 0 aromatic heterocycles. The van der Waals surface area contributed by atoms with Crippen LogP contribution in [0.5, 0.6) is 5.75 Å². The van der Waals surface area contributed by atoms with Crippen LogP contribution in [-0.2, 0) is 0 Å². The molecule has 0 radical (unpaired) electrons. The van der Waals surface area contributed by atoms with Gasteiger partial charge >= 0.3 is 0 Å². The number of amides is 1. The smallest absolute Gasteiger partial charge is 0.257 e. The average Bonchev–Trinajstić information content (AvgIpc) is 2.86. The summed E-state index contributed by atoms with van der Waals surface area (Å²) in [4.78, 5) is 14.2. The third-order valence-corrected chi connectivity index (χ3v) is 3.51. The fraction of sp³-hybridized carbons (Fsp3) is 0.462. The molecule has 1 aromatic carbocycles.